The molecule has 5 aliphatic rings. The van der Waals surface area contributed by atoms with Crippen LogP contribution >= 0.6 is 0 Å². The highest BCUT2D eigenvalue weighted by Gasteiger charge is 2.58. The van der Waals surface area contributed by atoms with Crippen LogP contribution in [0.5, 0.6) is 0 Å². The number of esters is 1. The van der Waals surface area contributed by atoms with Gasteiger partial charge in [0.25, 0.3) is 0 Å². The van der Waals surface area contributed by atoms with Gasteiger partial charge in [-0.2, -0.15) is 0 Å². The van der Waals surface area contributed by atoms with Crippen molar-refractivity contribution in [2.45, 2.75) is 50.4 Å². The molecule has 4 bridgehead atoms. The Labute approximate surface area is 171 Å². The van der Waals surface area contributed by atoms with Crippen molar-refractivity contribution in [2.24, 2.45) is 29.6 Å². The van der Waals surface area contributed by atoms with Gasteiger partial charge in [0.1, 0.15) is 5.82 Å². The minimum atomic E-state index is -0.215. The van der Waals surface area contributed by atoms with E-state index >= 15 is 0 Å². The topological polar surface area (TPSA) is 46.6 Å². The molecule has 0 N–H and O–H groups in total. The minimum absolute atomic E-state index is 0.147. The lowest BCUT2D eigenvalue weighted by Crippen LogP contribution is -2.59. The van der Waals surface area contributed by atoms with E-state index in [9.17, 15) is 14.0 Å². The number of benzene rings is 1. The molecule has 4 nitrogen and oxygen atoms in total. The first-order valence-corrected chi connectivity index (χ1v) is 11.1. The van der Waals surface area contributed by atoms with Gasteiger partial charge in [0.05, 0.1) is 13.5 Å². The zero-order valence-corrected chi connectivity index (χ0v) is 17.1. The van der Waals surface area contributed by atoms with E-state index < -0.39 is 0 Å². The van der Waals surface area contributed by atoms with E-state index in [0.29, 0.717) is 37.8 Å². The number of methoxy groups -OCH3 is 1. The van der Waals surface area contributed by atoms with Crippen molar-refractivity contribution in [3.8, 4) is 0 Å². The van der Waals surface area contributed by atoms with E-state index in [0.717, 1.165) is 17.4 Å². The molecule has 0 radical (unpaired) electrons. The summed E-state index contributed by atoms with van der Waals surface area (Å²) in [5.41, 5.74) is 1.01. The molecule has 29 heavy (non-hydrogen) atoms. The molecule has 0 atom stereocenters. The number of hydrogen-bond donors (Lipinski definition) is 0. The summed E-state index contributed by atoms with van der Waals surface area (Å²) in [5, 5.41) is 0. The number of carbonyl (C=O) groups excluding carboxylic acids is 2. The van der Waals surface area contributed by atoms with Crippen LogP contribution in [-0.4, -0.2) is 37.0 Å². The summed E-state index contributed by atoms with van der Waals surface area (Å²) in [6.45, 7) is 1.29. The summed E-state index contributed by atoms with van der Waals surface area (Å²) in [7, 11) is 1.41. The molecule has 156 valence electrons. The fourth-order valence-electron chi connectivity index (χ4n) is 7.23. The zero-order chi connectivity index (χ0) is 20.2. The summed E-state index contributed by atoms with van der Waals surface area (Å²) >= 11 is 0. The predicted octanol–water partition coefficient (Wildman–Crippen LogP) is 3.93. The van der Waals surface area contributed by atoms with E-state index in [4.69, 9.17) is 4.74 Å². The lowest BCUT2D eigenvalue weighted by Gasteiger charge is -2.62. The summed E-state index contributed by atoms with van der Waals surface area (Å²) < 4.78 is 18.4. The molecule has 5 heteroatoms. The number of nitrogens with zero attached hydrogens (tertiary/aromatic N) is 1. The van der Waals surface area contributed by atoms with E-state index in [1.165, 1.54) is 39.2 Å². The Hall–Kier alpha value is -1.91. The first-order valence-electron chi connectivity index (χ1n) is 11.1. The van der Waals surface area contributed by atoms with Gasteiger partial charge in [0, 0.05) is 30.8 Å². The summed E-state index contributed by atoms with van der Waals surface area (Å²) in [6.07, 6.45) is 7.12. The Morgan fingerprint density at radius 2 is 1.62 bits per heavy atom. The molecule has 4 aliphatic carbocycles. The van der Waals surface area contributed by atoms with Crippen LogP contribution in [0.4, 0.5) is 4.39 Å². The molecular formula is C24H30FNO3. The van der Waals surface area contributed by atoms with Crippen molar-refractivity contribution in [2.75, 3.05) is 20.2 Å². The first-order chi connectivity index (χ1) is 14.0. The molecule has 1 heterocycles. The second-order valence-electron chi connectivity index (χ2n) is 9.97. The lowest BCUT2D eigenvalue weighted by atomic mass is 9.43. The van der Waals surface area contributed by atoms with Gasteiger partial charge < -0.3 is 9.64 Å². The molecular weight excluding hydrogens is 369 g/mol. The third-order valence-corrected chi connectivity index (χ3v) is 8.41. The Morgan fingerprint density at radius 3 is 2.17 bits per heavy atom. The van der Waals surface area contributed by atoms with Crippen LogP contribution in [0.2, 0.25) is 0 Å². The highest BCUT2D eigenvalue weighted by Crippen LogP contribution is 2.64. The van der Waals surface area contributed by atoms with Crippen LogP contribution in [0.25, 0.3) is 0 Å². The first kappa shape index (κ1) is 19.1. The monoisotopic (exact) mass is 399 g/mol. The fraction of sp³-hybridized carbons (Fsp3) is 0.667. The van der Waals surface area contributed by atoms with Crippen LogP contribution < -0.4 is 0 Å². The van der Waals surface area contributed by atoms with Gasteiger partial charge in [-0.25, -0.2) is 4.39 Å². The average molecular weight is 400 g/mol. The fourth-order valence-corrected chi connectivity index (χ4v) is 7.23. The van der Waals surface area contributed by atoms with Crippen molar-refractivity contribution < 1.29 is 18.7 Å². The number of ether oxygens (including phenoxy) is 1. The Bertz CT molecular complexity index is 771. The van der Waals surface area contributed by atoms with Gasteiger partial charge in [0.2, 0.25) is 5.91 Å². The number of carbonyl (C=O) groups is 2. The van der Waals surface area contributed by atoms with E-state index in [-0.39, 0.29) is 29.0 Å². The normalized spacial score (nSPS) is 35.4. The number of amides is 1. The smallest absolute Gasteiger partial charge is 0.305 e. The molecule has 0 spiro atoms. The minimum Gasteiger partial charge on any atom is -0.469 e. The van der Waals surface area contributed by atoms with Gasteiger partial charge in [-0.05, 0) is 73.5 Å². The third kappa shape index (κ3) is 3.17. The summed E-state index contributed by atoms with van der Waals surface area (Å²) in [5.74, 6) is 2.68. The average Bonchev–Trinajstić information content (AvgIpc) is 2.67. The van der Waals surface area contributed by atoms with E-state index in [2.05, 4.69) is 0 Å². The molecule has 0 aromatic heterocycles. The molecule has 1 aromatic rings. The van der Waals surface area contributed by atoms with Gasteiger partial charge in [-0.3, -0.25) is 9.59 Å². The highest BCUT2D eigenvalue weighted by molar-refractivity contribution is 5.79. The number of likely N-dealkylation sites (tertiary alicyclic amines) is 1. The maximum Gasteiger partial charge on any atom is 0.305 e. The van der Waals surface area contributed by atoms with Crippen molar-refractivity contribution in [1.82, 2.24) is 4.90 Å². The number of rotatable bonds is 5. The van der Waals surface area contributed by atoms with Crippen LogP contribution in [-0.2, 0) is 19.7 Å². The van der Waals surface area contributed by atoms with Crippen LogP contribution in [0, 0.1) is 35.4 Å². The van der Waals surface area contributed by atoms with Gasteiger partial charge in [-0.15, -0.1) is 0 Å². The van der Waals surface area contributed by atoms with Gasteiger partial charge >= 0.3 is 5.97 Å². The molecule has 5 fully saturated rings. The van der Waals surface area contributed by atoms with Crippen molar-refractivity contribution in [3.05, 3.63) is 35.6 Å². The summed E-state index contributed by atoms with van der Waals surface area (Å²) in [6, 6.07) is 6.98. The third-order valence-electron chi connectivity index (χ3n) is 8.41. The molecule has 0 unspecified atom stereocenters. The van der Waals surface area contributed by atoms with Gasteiger partial charge in [0.15, 0.2) is 0 Å². The number of halogens is 1. The molecule has 1 amide bonds. The van der Waals surface area contributed by atoms with E-state index in [1.807, 2.05) is 17.0 Å². The maximum atomic E-state index is 13.7. The van der Waals surface area contributed by atoms with Crippen molar-refractivity contribution in [1.29, 1.82) is 0 Å². The Morgan fingerprint density at radius 1 is 1.03 bits per heavy atom. The van der Waals surface area contributed by atoms with Crippen molar-refractivity contribution >= 4 is 11.9 Å². The standard InChI is InChI=1S/C24H30FNO3/c1-29-23(28)11-17-13-26(14-17)22(27)12-24(18-2-4-21(25)5-3-18)19-7-15-6-16(9-19)10-20(24)8-15/h2-5,15-17,19-20H,6-14H2,1H3. The lowest BCUT2D eigenvalue weighted by molar-refractivity contribution is -0.150. The highest BCUT2D eigenvalue weighted by atomic mass is 19.1. The van der Waals surface area contributed by atoms with Gasteiger partial charge in [-0.1, -0.05) is 12.1 Å². The summed E-state index contributed by atoms with van der Waals surface area (Å²) in [4.78, 5) is 26.7. The second-order valence-corrected chi connectivity index (χ2v) is 9.97. The van der Waals surface area contributed by atoms with Crippen LogP contribution in [0.15, 0.2) is 24.3 Å². The SMILES string of the molecule is COC(=O)CC1CN(C(=O)CC2(c3ccc(F)cc3)C3CC4CC(C3)CC2C4)C1. The molecule has 4 saturated carbocycles. The van der Waals surface area contributed by atoms with Crippen LogP contribution in [0.3, 0.4) is 0 Å². The molecule has 6 rings (SSSR count). The predicted molar refractivity (Wildman–Crippen MR) is 106 cm³/mol. The van der Waals surface area contributed by atoms with E-state index in [1.54, 1.807) is 12.1 Å². The van der Waals surface area contributed by atoms with Crippen LogP contribution in [0.1, 0.15) is 50.5 Å². The quantitative estimate of drug-likeness (QED) is 0.705. The Kier molecular flexibility index (Phi) is 4.67. The maximum absolute atomic E-state index is 13.7. The number of hydrogen-bond acceptors (Lipinski definition) is 3. The molecule has 1 aromatic carbocycles. The second kappa shape index (κ2) is 7.10. The zero-order valence-electron chi connectivity index (χ0n) is 17.1. The molecule has 1 saturated heterocycles. The van der Waals surface area contributed by atoms with Crippen molar-refractivity contribution in [3.63, 3.8) is 0 Å². The Balaban J connectivity index is 1.37. The molecule has 1 aliphatic heterocycles. The largest absolute Gasteiger partial charge is 0.469 e.